The number of amides is 1. The lowest BCUT2D eigenvalue weighted by atomic mass is 9.76. The number of rotatable bonds is 3. The lowest BCUT2D eigenvalue weighted by molar-refractivity contribution is -0.156. The molecular weight excluding hydrogens is 270 g/mol. The molecule has 1 unspecified atom stereocenters. The number of piperidine rings is 1. The Morgan fingerprint density at radius 3 is 2.76 bits per heavy atom. The summed E-state index contributed by atoms with van der Waals surface area (Å²) in [5.74, 6) is -1.21. The molecule has 1 saturated heterocycles. The van der Waals surface area contributed by atoms with Crippen LogP contribution in [0.25, 0.3) is 6.08 Å². The van der Waals surface area contributed by atoms with Crippen LogP contribution in [0.4, 0.5) is 0 Å². The molecule has 0 aliphatic carbocycles. The minimum Gasteiger partial charge on any atom is -0.480 e. The van der Waals surface area contributed by atoms with Crippen LogP contribution < -0.4 is 0 Å². The van der Waals surface area contributed by atoms with Crippen LogP contribution in [-0.4, -0.2) is 44.3 Å². The van der Waals surface area contributed by atoms with Crippen LogP contribution in [0.1, 0.15) is 32.3 Å². The van der Waals surface area contributed by atoms with Gasteiger partial charge in [-0.15, -0.1) is 0 Å². The number of nitrogens with zero attached hydrogens (tertiary/aromatic N) is 3. The third kappa shape index (κ3) is 3.32. The number of carbonyl (C=O) groups is 2. The average Bonchev–Trinajstić information content (AvgIpc) is 2.79. The van der Waals surface area contributed by atoms with E-state index in [0.717, 1.165) is 18.4 Å². The second kappa shape index (κ2) is 5.71. The fourth-order valence-electron chi connectivity index (χ4n) is 2.89. The first-order valence-corrected chi connectivity index (χ1v) is 7.01. The average molecular weight is 291 g/mol. The molecule has 1 fully saturated rings. The minimum atomic E-state index is -0.942. The number of carboxylic acids is 1. The first-order valence-electron chi connectivity index (χ1n) is 7.01. The smallest absolute Gasteiger partial charge is 0.326 e. The highest BCUT2D eigenvalue weighted by atomic mass is 16.4. The monoisotopic (exact) mass is 291 g/mol. The van der Waals surface area contributed by atoms with Gasteiger partial charge in [-0.05, 0) is 24.3 Å². The van der Waals surface area contributed by atoms with Gasteiger partial charge in [0.15, 0.2) is 0 Å². The zero-order chi connectivity index (χ0) is 15.6. The standard InChI is InChI=1S/C15H21N3O3/c1-15(2)7-4-8-18(13(15)14(20)21)12(19)6-5-11-9-16-17(3)10-11/h5-6,9-10,13H,4,7-8H2,1-3H3,(H,20,21)/b6-5+. The number of carbonyl (C=O) groups excluding carboxylic acids is 1. The van der Waals surface area contributed by atoms with Crippen molar-refractivity contribution in [1.29, 1.82) is 0 Å². The molecule has 1 aromatic rings. The normalized spacial score (nSPS) is 21.7. The van der Waals surface area contributed by atoms with E-state index in [-0.39, 0.29) is 5.91 Å². The number of hydrogen-bond acceptors (Lipinski definition) is 3. The lowest BCUT2D eigenvalue weighted by Gasteiger charge is -2.43. The number of carboxylic acid groups (broad SMARTS) is 1. The third-order valence-electron chi connectivity index (χ3n) is 3.93. The summed E-state index contributed by atoms with van der Waals surface area (Å²) >= 11 is 0. The summed E-state index contributed by atoms with van der Waals surface area (Å²) in [7, 11) is 1.80. The molecule has 0 bridgehead atoms. The second-order valence-electron chi connectivity index (χ2n) is 6.15. The Morgan fingerprint density at radius 2 is 2.19 bits per heavy atom. The van der Waals surface area contributed by atoms with E-state index in [1.165, 1.54) is 11.0 Å². The molecule has 6 heteroatoms. The van der Waals surface area contributed by atoms with Gasteiger partial charge in [0.2, 0.25) is 5.91 Å². The van der Waals surface area contributed by atoms with Crippen LogP contribution in [0.5, 0.6) is 0 Å². The Balaban J connectivity index is 2.16. The highest BCUT2D eigenvalue weighted by molar-refractivity contribution is 5.94. The van der Waals surface area contributed by atoms with Gasteiger partial charge in [0.25, 0.3) is 0 Å². The van der Waals surface area contributed by atoms with Crippen LogP contribution >= 0.6 is 0 Å². The van der Waals surface area contributed by atoms with E-state index in [9.17, 15) is 14.7 Å². The van der Waals surface area contributed by atoms with E-state index in [2.05, 4.69) is 5.10 Å². The van der Waals surface area contributed by atoms with E-state index in [0.29, 0.717) is 6.54 Å². The SMILES string of the molecule is Cn1cc(/C=C/C(=O)N2CCCC(C)(C)C2C(=O)O)cn1. The zero-order valence-corrected chi connectivity index (χ0v) is 12.6. The van der Waals surface area contributed by atoms with Gasteiger partial charge in [-0.3, -0.25) is 9.48 Å². The van der Waals surface area contributed by atoms with Crippen molar-refractivity contribution in [2.45, 2.75) is 32.7 Å². The van der Waals surface area contributed by atoms with Crippen LogP contribution in [0.2, 0.25) is 0 Å². The number of likely N-dealkylation sites (tertiary alicyclic amines) is 1. The first-order chi connectivity index (χ1) is 9.81. The number of hydrogen-bond donors (Lipinski definition) is 1. The number of aryl methyl sites for hydroxylation is 1. The van der Waals surface area contributed by atoms with Crippen molar-refractivity contribution < 1.29 is 14.7 Å². The summed E-state index contributed by atoms with van der Waals surface area (Å²) in [6, 6.07) is -0.780. The Bertz CT molecular complexity index is 574. The van der Waals surface area contributed by atoms with E-state index >= 15 is 0 Å². The molecule has 1 amide bonds. The van der Waals surface area contributed by atoms with Gasteiger partial charge in [-0.1, -0.05) is 13.8 Å². The summed E-state index contributed by atoms with van der Waals surface area (Å²) in [5.41, 5.74) is 0.399. The van der Waals surface area contributed by atoms with Crippen LogP contribution in [0.3, 0.4) is 0 Å². The number of aliphatic carboxylic acids is 1. The van der Waals surface area contributed by atoms with Crippen molar-refractivity contribution >= 4 is 18.0 Å². The van der Waals surface area contributed by atoms with Gasteiger partial charge in [-0.25, -0.2) is 4.79 Å². The molecule has 0 saturated carbocycles. The molecule has 2 rings (SSSR count). The molecular formula is C15H21N3O3. The van der Waals surface area contributed by atoms with Gasteiger partial charge < -0.3 is 10.0 Å². The largest absolute Gasteiger partial charge is 0.480 e. The molecule has 1 aliphatic heterocycles. The molecule has 6 nitrogen and oxygen atoms in total. The van der Waals surface area contributed by atoms with Crippen molar-refractivity contribution in [3.8, 4) is 0 Å². The van der Waals surface area contributed by atoms with Gasteiger partial charge in [0, 0.05) is 31.4 Å². The zero-order valence-electron chi connectivity index (χ0n) is 12.6. The van der Waals surface area contributed by atoms with E-state index in [1.54, 1.807) is 30.2 Å². The van der Waals surface area contributed by atoms with Gasteiger partial charge >= 0.3 is 5.97 Å². The van der Waals surface area contributed by atoms with Gasteiger partial charge in [-0.2, -0.15) is 5.10 Å². The van der Waals surface area contributed by atoms with Crippen molar-refractivity contribution in [1.82, 2.24) is 14.7 Å². The summed E-state index contributed by atoms with van der Waals surface area (Å²) in [5, 5.41) is 13.5. The van der Waals surface area contributed by atoms with Crippen molar-refractivity contribution in [3.05, 3.63) is 24.0 Å². The molecule has 21 heavy (non-hydrogen) atoms. The van der Waals surface area contributed by atoms with Crippen molar-refractivity contribution in [2.75, 3.05) is 6.54 Å². The van der Waals surface area contributed by atoms with Gasteiger partial charge in [0.1, 0.15) is 6.04 Å². The van der Waals surface area contributed by atoms with Crippen LogP contribution in [0, 0.1) is 5.41 Å². The Labute approximate surface area is 124 Å². The molecule has 0 spiro atoms. The summed E-state index contributed by atoms with van der Waals surface area (Å²) in [6.07, 6.45) is 8.16. The maximum Gasteiger partial charge on any atom is 0.326 e. The van der Waals surface area contributed by atoms with E-state index in [1.807, 2.05) is 13.8 Å². The Hall–Kier alpha value is -2.11. The van der Waals surface area contributed by atoms with Gasteiger partial charge in [0.05, 0.1) is 6.20 Å². The van der Waals surface area contributed by atoms with Crippen molar-refractivity contribution in [2.24, 2.45) is 12.5 Å². The molecule has 1 aliphatic rings. The predicted molar refractivity (Wildman–Crippen MR) is 78.4 cm³/mol. The molecule has 2 heterocycles. The quantitative estimate of drug-likeness (QED) is 0.857. The van der Waals surface area contributed by atoms with Crippen LogP contribution in [0.15, 0.2) is 18.5 Å². The summed E-state index contributed by atoms with van der Waals surface area (Å²) in [6.45, 7) is 4.28. The van der Waals surface area contributed by atoms with Crippen molar-refractivity contribution in [3.63, 3.8) is 0 Å². The molecule has 1 N–H and O–H groups in total. The summed E-state index contributed by atoms with van der Waals surface area (Å²) < 4.78 is 1.65. The van der Waals surface area contributed by atoms with E-state index in [4.69, 9.17) is 0 Å². The summed E-state index contributed by atoms with van der Waals surface area (Å²) in [4.78, 5) is 25.3. The maximum atomic E-state index is 12.3. The highest BCUT2D eigenvalue weighted by Crippen LogP contribution is 2.35. The molecule has 0 aromatic carbocycles. The predicted octanol–water partition coefficient (Wildman–Crippen LogP) is 1.54. The fraction of sp³-hybridized carbons (Fsp3) is 0.533. The highest BCUT2D eigenvalue weighted by Gasteiger charge is 2.43. The molecule has 0 radical (unpaired) electrons. The lowest BCUT2D eigenvalue weighted by Crippen LogP contribution is -2.55. The minimum absolute atomic E-state index is 0.265. The third-order valence-corrected chi connectivity index (χ3v) is 3.93. The molecule has 114 valence electrons. The Kier molecular flexibility index (Phi) is 4.16. The fourth-order valence-corrected chi connectivity index (χ4v) is 2.89. The number of aromatic nitrogens is 2. The Morgan fingerprint density at radius 1 is 1.48 bits per heavy atom. The van der Waals surface area contributed by atoms with E-state index < -0.39 is 17.4 Å². The topological polar surface area (TPSA) is 75.4 Å². The molecule has 1 aromatic heterocycles. The second-order valence-corrected chi connectivity index (χ2v) is 6.15. The maximum absolute atomic E-state index is 12.3. The first kappa shape index (κ1) is 15.3. The van der Waals surface area contributed by atoms with Crippen LogP contribution in [-0.2, 0) is 16.6 Å². The molecule has 1 atom stereocenters.